The van der Waals surface area contributed by atoms with Gasteiger partial charge in [0, 0.05) is 70.9 Å². The maximum absolute atomic E-state index is 12.8. The molecule has 0 aliphatic heterocycles. The van der Waals surface area contributed by atoms with Crippen LogP contribution in [0.2, 0.25) is 0 Å². The Morgan fingerprint density at radius 3 is 1.05 bits per heavy atom. The van der Waals surface area contributed by atoms with Gasteiger partial charge in [-0.25, -0.2) is 66.0 Å². The molecule has 88 heavy (non-hydrogen) atoms. The Labute approximate surface area is 549 Å². The molecule has 5 heterocycles. The number of methoxy groups -OCH3 is 4. The average Bonchev–Trinajstić information content (AvgIpc) is 2.51. The minimum atomic E-state index is -3.73. The minimum absolute atomic E-state index is 0.0264. The van der Waals surface area contributed by atoms with E-state index in [9.17, 15) is 47.2 Å². The van der Waals surface area contributed by atoms with E-state index >= 15 is 0 Å². The van der Waals surface area contributed by atoms with Crippen LogP contribution >= 0.6 is 83.3 Å². The molecule has 23 nitrogen and oxygen atoms in total. The maximum atomic E-state index is 12.8. The van der Waals surface area contributed by atoms with Crippen LogP contribution in [-0.2, 0) is 49.1 Å². The van der Waals surface area contributed by atoms with Crippen LogP contribution in [0.15, 0.2) is 118 Å². The normalized spacial score (nSPS) is 12.3. The summed E-state index contributed by atoms with van der Waals surface area (Å²) in [6.07, 6.45) is 0. The SMILES string of the molecule is CC(C)(C)NS(=O)(=O)c1scc(N)c1O.COc1c(Br)csc1S(=O)(=O)Cl.COc1c(N)csc1S(=O)(=O)NC(C)(C)C.COc1c(N)csc1S(=O)(=O)NC(C)(C)C.COc1c(N=C(c2ccccc2)c2ccccc2)csc1S(=O)(=O)NC(C)(C)C. The third-order valence-electron chi connectivity index (χ3n) is 9.71. The molecular formula is C53H74BrClN8O15S10. The second kappa shape index (κ2) is 31.1. The van der Waals surface area contributed by atoms with Gasteiger partial charge in [-0.1, -0.05) is 60.7 Å². The van der Waals surface area contributed by atoms with Crippen molar-refractivity contribution in [1.82, 2.24) is 18.9 Å². The van der Waals surface area contributed by atoms with Crippen molar-refractivity contribution >= 4 is 161 Å². The zero-order valence-corrected chi connectivity index (χ0v) is 61.3. The zero-order chi connectivity index (χ0) is 67.4. The Morgan fingerprint density at radius 2 is 0.750 bits per heavy atom. The standard InChI is InChI=1S/C22H24N2O3S2.2C9H16N2O3S2.C8H14N2O3S2.C5H4BrClO3S2/c1-22(2,3)24-29(25,26)21-20(27-4)18(15-28-21)23-19(16-11-7-5-8-12-16)17-13-9-6-10-14-17;2*1-9(2,3)11-16(12,13)8-7(14-4)6(10)5-15-8;1-8(2,3)10-15(12,13)7-6(11)5(9)4-14-7;1-10-4-3(6)2-11-5(4)12(7,8)9/h5-15,24H,1-4H3;2*5,11H,10H2,1-4H3;4,10-11H,9H2,1-3H3;2H,1H3. The third kappa shape index (κ3) is 23.2. The topological polar surface area (TPSA) is 366 Å². The van der Waals surface area contributed by atoms with Gasteiger partial charge in [0.1, 0.15) is 5.69 Å². The predicted octanol–water partition coefficient (Wildman–Crippen LogP) is 11.4. The number of nitrogens with zero attached hydrogens (tertiary/aromatic N) is 1. The lowest BCUT2D eigenvalue weighted by Crippen LogP contribution is -2.40. The Hall–Kier alpha value is -4.63. The first-order valence-corrected chi connectivity index (χ1v) is 38.7. The van der Waals surface area contributed by atoms with Crippen molar-refractivity contribution in [1.29, 1.82) is 0 Å². The lowest BCUT2D eigenvalue weighted by Gasteiger charge is -2.20. The molecule has 0 aliphatic carbocycles. The molecular weight excluding hydrogens is 1420 g/mol. The molecule has 5 aromatic heterocycles. The number of aliphatic imine (C=N–C) groups is 1. The minimum Gasteiger partial charge on any atom is -0.504 e. The molecule has 11 N–H and O–H groups in total. The van der Waals surface area contributed by atoms with Crippen molar-refractivity contribution in [2.45, 2.75) is 126 Å². The van der Waals surface area contributed by atoms with E-state index in [1.165, 1.54) is 33.8 Å². The van der Waals surface area contributed by atoms with Gasteiger partial charge in [-0.15, -0.1) is 56.7 Å². The highest BCUT2D eigenvalue weighted by Crippen LogP contribution is 2.43. The number of nitrogens with two attached hydrogens (primary N) is 3. The quantitative estimate of drug-likeness (QED) is 0.0329. The van der Waals surface area contributed by atoms with E-state index in [-0.39, 0.29) is 55.5 Å². The zero-order valence-electron chi connectivity index (χ0n) is 50.8. The molecule has 0 spiro atoms. The van der Waals surface area contributed by atoms with E-state index in [4.69, 9.17) is 51.8 Å². The monoisotopic (exact) mass is 1500 g/mol. The van der Waals surface area contributed by atoms with Crippen molar-refractivity contribution in [2.75, 3.05) is 45.6 Å². The van der Waals surface area contributed by atoms with Gasteiger partial charge in [-0.2, -0.15) is 0 Å². The van der Waals surface area contributed by atoms with E-state index in [0.717, 1.165) is 73.5 Å². The first kappa shape index (κ1) is 77.6. The molecule has 490 valence electrons. The molecule has 0 saturated carbocycles. The number of thiophene rings is 5. The third-order valence-corrected chi connectivity index (χ3v) is 26.7. The highest BCUT2D eigenvalue weighted by Gasteiger charge is 2.32. The Bertz CT molecular complexity index is 3940. The number of nitrogens with one attached hydrogen (secondary N) is 4. The summed E-state index contributed by atoms with van der Waals surface area (Å²) < 4.78 is 150. The summed E-state index contributed by atoms with van der Waals surface area (Å²) in [6, 6.07) is 19.6. The molecule has 0 saturated heterocycles. The Kier molecular flexibility index (Phi) is 27.5. The van der Waals surface area contributed by atoms with E-state index in [1.807, 2.05) is 60.7 Å². The van der Waals surface area contributed by atoms with Crippen LogP contribution in [0, 0.1) is 0 Å². The molecule has 0 bridgehead atoms. The van der Waals surface area contributed by atoms with Crippen molar-refractivity contribution in [3.05, 3.63) is 103 Å². The molecule has 0 aliphatic rings. The predicted molar refractivity (Wildman–Crippen MR) is 362 cm³/mol. The number of benzene rings is 2. The number of aromatic hydroxyl groups is 1. The van der Waals surface area contributed by atoms with Crippen LogP contribution in [0.4, 0.5) is 22.7 Å². The number of sulfonamides is 4. The molecule has 0 atom stereocenters. The van der Waals surface area contributed by atoms with E-state index in [2.05, 4.69) is 34.8 Å². The molecule has 2 aromatic carbocycles. The van der Waals surface area contributed by atoms with Gasteiger partial charge in [0.25, 0.3) is 49.1 Å². The summed E-state index contributed by atoms with van der Waals surface area (Å²) in [6.45, 7) is 21.2. The van der Waals surface area contributed by atoms with Crippen LogP contribution in [-0.4, -0.2) is 104 Å². The summed E-state index contributed by atoms with van der Waals surface area (Å²) >= 11 is 8.24. The highest BCUT2D eigenvalue weighted by atomic mass is 79.9. The number of rotatable bonds is 16. The van der Waals surface area contributed by atoms with Gasteiger partial charge in [0.15, 0.2) is 49.8 Å². The maximum Gasteiger partial charge on any atom is 0.274 e. The van der Waals surface area contributed by atoms with Crippen molar-refractivity contribution in [3.63, 3.8) is 0 Å². The van der Waals surface area contributed by atoms with Crippen LogP contribution in [0.3, 0.4) is 0 Å². The summed E-state index contributed by atoms with van der Waals surface area (Å²) in [5.74, 6) is 0.548. The Morgan fingerprint density at radius 1 is 0.455 bits per heavy atom. The van der Waals surface area contributed by atoms with E-state index in [0.29, 0.717) is 21.5 Å². The highest BCUT2D eigenvalue weighted by molar-refractivity contribution is 9.10. The molecule has 0 unspecified atom stereocenters. The fourth-order valence-corrected chi connectivity index (χ4v) is 20.8. The van der Waals surface area contributed by atoms with Crippen LogP contribution in [0.25, 0.3) is 0 Å². The van der Waals surface area contributed by atoms with Gasteiger partial charge in [-0.05, 0) is 99.0 Å². The van der Waals surface area contributed by atoms with Gasteiger partial charge < -0.3 is 41.3 Å². The summed E-state index contributed by atoms with van der Waals surface area (Å²) in [7, 11) is -7.48. The molecule has 35 heteroatoms. The second-order valence-electron chi connectivity index (χ2n) is 22.2. The summed E-state index contributed by atoms with van der Waals surface area (Å²) in [4.78, 5) is 4.81. The van der Waals surface area contributed by atoms with Crippen LogP contribution < -0.4 is 55.0 Å². The number of nitrogen functional groups attached to an aromatic ring is 3. The molecule has 0 fully saturated rings. The number of ether oxygens (including phenoxy) is 4. The largest absolute Gasteiger partial charge is 0.504 e. The summed E-state index contributed by atoms with van der Waals surface area (Å²) in [5, 5.41) is 17.3. The molecule has 0 amide bonds. The summed E-state index contributed by atoms with van der Waals surface area (Å²) in [5.41, 5.74) is 18.2. The van der Waals surface area contributed by atoms with Crippen molar-refractivity contribution in [3.8, 4) is 28.7 Å². The van der Waals surface area contributed by atoms with Crippen molar-refractivity contribution in [2.24, 2.45) is 4.99 Å². The van der Waals surface area contributed by atoms with E-state index < -0.39 is 71.3 Å². The molecule has 7 aromatic rings. The van der Waals surface area contributed by atoms with Gasteiger partial charge in [0.05, 0.1) is 55.7 Å². The average molecular weight is 1500 g/mol. The number of halogens is 2. The fourth-order valence-electron chi connectivity index (χ4n) is 6.83. The first-order valence-electron chi connectivity index (χ1n) is 25.3. The molecule has 7 rings (SSSR count). The number of anilines is 3. The smallest absolute Gasteiger partial charge is 0.274 e. The molecule has 0 radical (unpaired) electrons. The van der Waals surface area contributed by atoms with E-state index in [1.54, 1.807) is 105 Å². The van der Waals surface area contributed by atoms with Crippen molar-refractivity contribution < 1.29 is 66.1 Å². The lowest BCUT2D eigenvalue weighted by atomic mass is 10.0. The number of hydrogen-bond acceptors (Lipinski definition) is 24. The Balaban J connectivity index is 0.000000300. The van der Waals surface area contributed by atoms with Crippen LogP contribution in [0.1, 0.15) is 94.2 Å². The first-order chi connectivity index (χ1) is 40.2. The number of hydrogen-bond donors (Lipinski definition) is 8. The van der Waals surface area contributed by atoms with Gasteiger partial charge in [0.2, 0.25) is 0 Å². The van der Waals surface area contributed by atoms with Gasteiger partial charge >= 0.3 is 0 Å². The van der Waals surface area contributed by atoms with Crippen LogP contribution in [0.5, 0.6) is 28.7 Å². The second-order valence-corrected chi connectivity index (χ2v) is 37.8. The lowest BCUT2D eigenvalue weighted by molar-refractivity contribution is 0.404. The van der Waals surface area contributed by atoms with Gasteiger partial charge in [-0.3, -0.25) is 0 Å². The fraction of sp³-hybridized carbons (Fsp3) is 0.377.